The van der Waals surface area contributed by atoms with Crippen LogP contribution in [0.4, 0.5) is 16.4 Å². The number of anilines is 2. The first-order valence-corrected chi connectivity index (χ1v) is 6.49. The number of fused-ring (bicyclic) bond motifs is 1. The first kappa shape index (κ1) is 14.2. The monoisotopic (exact) mass is 279 g/mol. The van der Waals surface area contributed by atoms with E-state index in [0.29, 0.717) is 12.4 Å². The molecule has 7 nitrogen and oxygen atoms in total. The fourth-order valence-corrected chi connectivity index (χ4v) is 1.99. The van der Waals surface area contributed by atoms with Crippen LogP contribution in [0.15, 0.2) is 6.08 Å². The maximum Gasteiger partial charge on any atom is 0.407 e. The third-order valence-electron chi connectivity index (χ3n) is 2.98. The van der Waals surface area contributed by atoms with Crippen molar-refractivity contribution in [3.8, 4) is 0 Å². The minimum Gasteiger partial charge on any atom is -0.444 e. The standard InChI is InChI=1S/C13H21N5O2/c1-13(2,3)20-12(19)15-7-8-5-6-9-10(14)16-17-11(9)18(8)4/h5-6,8H,7H2,1-4H3,(H,15,19)(H3,14,16,17). The Morgan fingerprint density at radius 1 is 1.60 bits per heavy atom. The average Bonchev–Trinajstić information content (AvgIpc) is 2.69. The van der Waals surface area contributed by atoms with Crippen LogP contribution < -0.4 is 16.0 Å². The molecule has 1 aliphatic rings. The largest absolute Gasteiger partial charge is 0.444 e. The Balaban J connectivity index is 1.94. The number of hydrogen-bond acceptors (Lipinski definition) is 5. The molecule has 0 radical (unpaired) electrons. The maximum absolute atomic E-state index is 11.6. The SMILES string of the molecule is CN1c2n[nH]c(N)c2C=CC1CNC(=O)OC(C)(C)C. The fraction of sp³-hybridized carbons (Fsp3) is 0.538. The van der Waals surface area contributed by atoms with Crippen LogP contribution in [0, 0.1) is 0 Å². The number of likely N-dealkylation sites (N-methyl/N-ethyl adjacent to an activating group) is 1. The van der Waals surface area contributed by atoms with Gasteiger partial charge in [0.15, 0.2) is 5.82 Å². The summed E-state index contributed by atoms with van der Waals surface area (Å²) in [5.74, 6) is 1.32. The van der Waals surface area contributed by atoms with E-state index >= 15 is 0 Å². The molecule has 110 valence electrons. The van der Waals surface area contributed by atoms with Crippen molar-refractivity contribution < 1.29 is 9.53 Å². The molecule has 1 aromatic heterocycles. The van der Waals surface area contributed by atoms with Crippen molar-refractivity contribution in [2.24, 2.45) is 0 Å². The van der Waals surface area contributed by atoms with Crippen molar-refractivity contribution >= 4 is 23.8 Å². The zero-order chi connectivity index (χ0) is 14.9. The summed E-state index contributed by atoms with van der Waals surface area (Å²) in [5.41, 5.74) is 6.15. The molecule has 0 saturated heterocycles. The number of aromatic amines is 1. The lowest BCUT2D eigenvalue weighted by atomic mass is 10.1. The van der Waals surface area contributed by atoms with Crippen molar-refractivity contribution in [2.45, 2.75) is 32.4 Å². The van der Waals surface area contributed by atoms with E-state index in [0.717, 1.165) is 11.4 Å². The number of amides is 1. The summed E-state index contributed by atoms with van der Waals surface area (Å²) in [6.07, 6.45) is 3.47. The number of H-pyrrole nitrogens is 1. The van der Waals surface area contributed by atoms with E-state index in [4.69, 9.17) is 10.5 Å². The van der Waals surface area contributed by atoms with Gasteiger partial charge in [0.2, 0.25) is 0 Å². The van der Waals surface area contributed by atoms with Crippen LogP contribution in [0.1, 0.15) is 26.3 Å². The van der Waals surface area contributed by atoms with Gasteiger partial charge in [0.1, 0.15) is 11.4 Å². The number of ether oxygens (including phenoxy) is 1. The molecule has 1 unspecified atom stereocenters. The molecule has 1 aromatic rings. The molecular weight excluding hydrogens is 258 g/mol. The number of nitrogen functional groups attached to an aromatic ring is 1. The van der Waals surface area contributed by atoms with Gasteiger partial charge < -0.3 is 20.7 Å². The molecule has 2 rings (SSSR count). The molecule has 1 amide bonds. The van der Waals surface area contributed by atoms with Crippen LogP contribution in [-0.4, -0.2) is 41.5 Å². The van der Waals surface area contributed by atoms with Crippen LogP contribution in [0.2, 0.25) is 0 Å². The van der Waals surface area contributed by atoms with Crippen LogP contribution in [-0.2, 0) is 4.74 Å². The molecule has 1 atom stereocenters. The third kappa shape index (κ3) is 3.04. The predicted molar refractivity (Wildman–Crippen MR) is 78.5 cm³/mol. The Kier molecular flexibility index (Phi) is 3.61. The maximum atomic E-state index is 11.6. The molecule has 0 spiro atoms. The Morgan fingerprint density at radius 3 is 2.95 bits per heavy atom. The number of rotatable bonds is 2. The van der Waals surface area contributed by atoms with Crippen molar-refractivity contribution in [3.05, 3.63) is 11.6 Å². The second kappa shape index (κ2) is 5.07. The fourth-order valence-electron chi connectivity index (χ4n) is 1.99. The van der Waals surface area contributed by atoms with Gasteiger partial charge in [-0.05, 0) is 26.8 Å². The number of alkyl carbamates (subject to hydrolysis) is 1. The molecule has 0 bridgehead atoms. The summed E-state index contributed by atoms with van der Waals surface area (Å²) in [4.78, 5) is 13.6. The third-order valence-corrected chi connectivity index (χ3v) is 2.98. The second-order valence-corrected chi connectivity index (χ2v) is 5.79. The highest BCUT2D eigenvalue weighted by Gasteiger charge is 2.24. The molecule has 0 fully saturated rings. The minimum absolute atomic E-state index is 0.0118. The highest BCUT2D eigenvalue weighted by Crippen LogP contribution is 2.28. The van der Waals surface area contributed by atoms with Gasteiger partial charge in [-0.25, -0.2) is 4.79 Å². The molecule has 7 heteroatoms. The predicted octanol–water partition coefficient (Wildman–Crippen LogP) is 1.35. The number of carbonyl (C=O) groups excluding carboxylic acids is 1. The Hall–Kier alpha value is -2.18. The topological polar surface area (TPSA) is 96.3 Å². The van der Waals surface area contributed by atoms with E-state index in [2.05, 4.69) is 15.5 Å². The van der Waals surface area contributed by atoms with Gasteiger partial charge in [0.05, 0.1) is 11.6 Å². The summed E-state index contributed by atoms with van der Waals surface area (Å²) in [6.45, 7) is 5.93. The van der Waals surface area contributed by atoms with E-state index in [9.17, 15) is 4.79 Å². The van der Waals surface area contributed by atoms with E-state index in [1.54, 1.807) is 0 Å². The van der Waals surface area contributed by atoms with Crippen LogP contribution in [0.25, 0.3) is 6.08 Å². The lowest BCUT2D eigenvalue weighted by Gasteiger charge is -2.29. The molecule has 0 aromatic carbocycles. The Bertz CT molecular complexity index is 529. The van der Waals surface area contributed by atoms with E-state index in [1.165, 1.54) is 0 Å². The number of nitrogens with zero attached hydrogens (tertiary/aromatic N) is 2. The minimum atomic E-state index is -0.498. The second-order valence-electron chi connectivity index (χ2n) is 5.79. The summed E-state index contributed by atoms with van der Waals surface area (Å²) in [7, 11) is 1.91. The summed E-state index contributed by atoms with van der Waals surface area (Å²) < 4.78 is 5.20. The quantitative estimate of drug-likeness (QED) is 0.759. The average molecular weight is 279 g/mol. The van der Waals surface area contributed by atoms with Crippen molar-refractivity contribution in [1.82, 2.24) is 15.5 Å². The molecule has 20 heavy (non-hydrogen) atoms. The van der Waals surface area contributed by atoms with E-state index in [1.807, 2.05) is 44.9 Å². The van der Waals surface area contributed by atoms with Gasteiger partial charge in [0.25, 0.3) is 0 Å². The van der Waals surface area contributed by atoms with Gasteiger partial charge in [-0.1, -0.05) is 6.08 Å². The Labute approximate surface area is 118 Å². The molecular formula is C13H21N5O2. The van der Waals surface area contributed by atoms with Crippen molar-refractivity contribution in [3.63, 3.8) is 0 Å². The zero-order valence-corrected chi connectivity index (χ0v) is 12.2. The van der Waals surface area contributed by atoms with Gasteiger partial charge >= 0.3 is 6.09 Å². The first-order valence-electron chi connectivity index (χ1n) is 6.49. The van der Waals surface area contributed by atoms with E-state index in [-0.39, 0.29) is 6.04 Å². The summed E-state index contributed by atoms with van der Waals surface area (Å²) in [6, 6.07) is 0.0118. The van der Waals surface area contributed by atoms with Crippen LogP contribution in [0.3, 0.4) is 0 Å². The molecule has 0 aliphatic carbocycles. The number of carbonyl (C=O) groups is 1. The van der Waals surface area contributed by atoms with E-state index < -0.39 is 11.7 Å². The lowest BCUT2D eigenvalue weighted by molar-refractivity contribution is 0.0526. The lowest BCUT2D eigenvalue weighted by Crippen LogP contribution is -2.43. The summed E-state index contributed by atoms with van der Waals surface area (Å²) in [5, 5.41) is 9.66. The molecule has 2 heterocycles. The molecule has 0 saturated carbocycles. The molecule has 4 N–H and O–H groups in total. The van der Waals surface area contributed by atoms with Crippen LogP contribution >= 0.6 is 0 Å². The van der Waals surface area contributed by atoms with Gasteiger partial charge in [-0.3, -0.25) is 5.10 Å². The number of nitrogens with one attached hydrogen (secondary N) is 2. The highest BCUT2D eigenvalue weighted by atomic mass is 16.6. The Morgan fingerprint density at radius 2 is 2.30 bits per heavy atom. The van der Waals surface area contributed by atoms with Crippen molar-refractivity contribution in [2.75, 3.05) is 24.2 Å². The van der Waals surface area contributed by atoms with Crippen LogP contribution in [0.5, 0.6) is 0 Å². The van der Waals surface area contributed by atoms with Crippen molar-refractivity contribution in [1.29, 1.82) is 0 Å². The summed E-state index contributed by atoms with van der Waals surface area (Å²) >= 11 is 0. The zero-order valence-electron chi connectivity index (χ0n) is 12.2. The van der Waals surface area contributed by atoms with Gasteiger partial charge in [-0.15, -0.1) is 0 Å². The van der Waals surface area contributed by atoms with Gasteiger partial charge in [-0.2, -0.15) is 5.10 Å². The normalized spacial score (nSPS) is 17.8. The number of hydrogen-bond donors (Lipinski definition) is 3. The number of aromatic nitrogens is 2. The van der Waals surface area contributed by atoms with Gasteiger partial charge in [0, 0.05) is 13.6 Å². The molecule has 1 aliphatic heterocycles. The first-order chi connectivity index (χ1) is 9.28. The highest BCUT2D eigenvalue weighted by molar-refractivity contribution is 5.76. The number of nitrogens with two attached hydrogens (primary N) is 1. The smallest absolute Gasteiger partial charge is 0.407 e.